The van der Waals surface area contributed by atoms with Gasteiger partial charge in [-0.1, -0.05) is 46.9 Å². The highest BCUT2D eigenvalue weighted by Crippen LogP contribution is 2.47. The number of hydrogen-bond donors (Lipinski definition) is 1. The summed E-state index contributed by atoms with van der Waals surface area (Å²) in [6.45, 7) is 4.08. The molecule has 0 aromatic heterocycles. The number of nitrogens with zero attached hydrogens (tertiary/aromatic N) is 1. The molecule has 2 aromatic carbocycles. The van der Waals surface area contributed by atoms with Gasteiger partial charge in [0.15, 0.2) is 11.5 Å². The van der Waals surface area contributed by atoms with Crippen molar-refractivity contribution >= 4 is 52.3 Å². The number of carbonyl (C=O) groups excluding carboxylic acids is 2. The molecule has 1 unspecified atom stereocenters. The van der Waals surface area contributed by atoms with E-state index in [0.717, 1.165) is 0 Å². The summed E-state index contributed by atoms with van der Waals surface area (Å²) < 4.78 is 16.2. The van der Waals surface area contributed by atoms with E-state index in [1.54, 1.807) is 24.3 Å². The maximum atomic E-state index is 13.2. The van der Waals surface area contributed by atoms with Crippen LogP contribution in [0.25, 0.3) is 5.76 Å². The largest absolute Gasteiger partial charge is 0.507 e. The highest BCUT2D eigenvalue weighted by molar-refractivity contribution is 6.47. The number of rotatable bonds is 8. The van der Waals surface area contributed by atoms with Gasteiger partial charge in [0.1, 0.15) is 10.8 Å². The van der Waals surface area contributed by atoms with Crippen LogP contribution >= 0.6 is 34.8 Å². The Balaban J connectivity index is 2.22. The Bertz CT molecular complexity index is 1130. The van der Waals surface area contributed by atoms with Crippen LogP contribution in [-0.4, -0.2) is 55.2 Å². The SMILES string of the molecule is COc1c(Cl)cc(/C(O)=C2\C(=O)C(=O)N(CCOC(C)C)C2c2ccc(Cl)cc2)c(OC)c1Cl. The molecule has 1 atom stereocenters. The van der Waals surface area contributed by atoms with Crippen molar-refractivity contribution in [3.8, 4) is 11.5 Å². The normalized spacial score (nSPS) is 17.5. The highest BCUT2D eigenvalue weighted by Gasteiger charge is 2.46. The van der Waals surface area contributed by atoms with Crippen molar-refractivity contribution in [2.75, 3.05) is 27.4 Å². The summed E-state index contributed by atoms with van der Waals surface area (Å²) >= 11 is 18.7. The number of halogens is 3. The number of hydrogen-bond acceptors (Lipinski definition) is 6. The van der Waals surface area contributed by atoms with Gasteiger partial charge in [-0.05, 0) is 37.6 Å². The third kappa shape index (κ3) is 4.98. The van der Waals surface area contributed by atoms with Crippen LogP contribution < -0.4 is 9.47 Å². The second-order valence-corrected chi connectivity index (χ2v) is 8.97. The van der Waals surface area contributed by atoms with Gasteiger partial charge in [-0.3, -0.25) is 9.59 Å². The van der Waals surface area contributed by atoms with Gasteiger partial charge in [0.05, 0.1) is 49.1 Å². The molecule has 10 heteroatoms. The number of aliphatic hydroxyl groups is 1. The standard InChI is InChI=1S/C24H24Cl3NO6/c1-12(2)34-10-9-28-19(13-5-7-14(25)8-6-13)17(21(30)24(28)31)20(29)15-11-16(26)23(33-4)18(27)22(15)32-3/h5-8,11-12,19,29H,9-10H2,1-4H3/b20-17+. The Kier molecular flexibility index (Phi) is 8.36. The number of amides is 1. The average Bonchev–Trinajstić information content (AvgIpc) is 3.04. The molecule has 3 rings (SSSR count). The average molecular weight is 529 g/mol. The van der Waals surface area contributed by atoms with E-state index >= 15 is 0 Å². The fourth-order valence-electron chi connectivity index (χ4n) is 3.78. The Morgan fingerprint density at radius 1 is 1.06 bits per heavy atom. The molecule has 2 aromatic rings. The summed E-state index contributed by atoms with van der Waals surface area (Å²) in [6.07, 6.45) is -0.0568. The van der Waals surface area contributed by atoms with Gasteiger partial charge in [-0.25, -0.2) is 0 Å². The molecule has 7 nitrogen and oxygen atoms in total. The minimum Gasteiger partial charge on any atom is -0.507 e. The minimum absolute atomic E-state index is 0.0154. The molecular weight excluding hydrogens is 505 g/mol. The van der Waals surface area contributed by atoms with Crippen LogP contribution in [-0.2, 0) is 14.3 Å². The minimum atomic E-state index is -0.891. The molecule has 34 heavy (non-hydrogen) atoms. The lowest BCUT2D eigenvalue weighted by Crippen LogP contribution is -2.33. The first-order chi connectivity index (χ1) is 16.1. The Morgan fingerprint density at radius 3 is 2.24 bits per heavy atom. The van der Waals surface area contributed by atoms with E-state index in [0.29, 0.717) is 10.6 Å². The van der Waals surface area contributed by atoms with Gasteiger partial charge in [0.25, 0.3) is 11.7 Å². The van der Waals surface area contributed by atoms with Crippen molar-refractivity contribution in [1.82, 2.24) is 4.90 Å². The van der Waals surface area contributed by atoms with Gasteiger partial charge in [0, 0.05) is 11.6 Å². The van der Waals surface area contributed by atoms with Gasteiger partial charge in [-0.15, -0.1) is 0 Å². The fraction of sp³-hybridized carbons (Fsp3) is 0.333. The Hall–Kier alpha value is -2.45. The number of benzene rings is 2. The molecule has 1 N–H and O–H groups in total. The molecule has 1 heterocycles. The van der Waals surface area contributed by atoms with Gasteiger partial charge >= 0.3 is 0 Å². The summed E-state index contributed by atoms with van der Waals surface area (Å²) in [5.74, 6) is -1.90. The van der Waals surface area contributed by atoms with E-state index in [1.165, 1.54) is 25.2 Å². The topological polar surface area (TPSA) is 85.3 Å². The van der Waals surface area contributed by atoms with Crippen LogP contribution in [0.5, 0.6) is 11.5 Å². The molecule has 1 saturated heterocycles. The van der Waals surface area contributed by atoms with Crippen LogP contribution in [0.4, 0.5) is 0 Å². The van der Waals surface area contributed by atoms with Crippen molar-refractivity contribution < 1.29 is 28.9 Å². The predicted octanol–water partition coefficient (Wildman–Crippen LogP) is 5.51. The molecule has 1 amide bonds. The molecular formula is C24H24Cl3NO6. The van der Waals surface area contributed by atoms with Crippen molar-refractivity contribution in [2.45, 2.75) is 26.0 Å². The summed E-state index contributed by atoms with van der Waals surface area (Å²) in [4.78, 5) is 27.5. The number of methoxy groups -OCH3 is 2. The molecule has 182 valence electrons. The van der Waals surface area contributed by atoms with Crippen LogP contribution in [0.2, 0.25) is 15.1 Å². The Labute approximate surface area is 212 Å². The monoisotopic (exact) mass is 527 g/mol. The maximum absolute atomic E-state index is 13.2. The summed E-state index contributed by atoms with van der Waals surface area (Å²) in [5.41, 5.74) is 0.500. The van der Waals surface area contributed by atoms with E-state index in [2.05, 4.69) is 0 Å². The van der Waals surface area contributed by atoms with Gasteiger partial charge in [-0.2, -0.15) is 0 Å². The zero-order valence-corrected chi connectivity index (χ0v) is 21.3. The zero-order valence-electron chi connectivity index (χ0n) is 19.0. The van der Waals surface area contributed by atoms with Gasteiger partial charge in [0.2, 0.25) is 0 Å². The first-order valence-electron chi connectivity index (χ1n) is 10.4. The molecule has 0 bridgehead atoms. The quantitative estimate of drug-likeness (QED) is 0.276. The fourth-order valence-corrected chi connectivity index (χ4v) is 4.59. The summed E-state index contributed by atoms with van der Waals surface area (Å²) in [6, 6.07) is 7.14. The number of ether oxygens (including phenoxy) is 3. The number of aliphatic hydroxyl groups excluding tert-OH is 1. The van der Waals surface area contributed by atoms with E-state index in [-0.39, 0.29) is 51.9 Å². The van der Waals surface area contributed by atoms with Crippen molar-refractivity contribution in [3.63, 3.8) is 0 Å². The third-order valence-electron chi connectivity index (χ3n) is 5.30. The van der Waals surface area contributed by atoms with E-state index in [9.17, 15) is 14.7 Å². The lowest BCUT2D eigenvalue weighted by atomic mass is 9.95. The van der Waals surface area contributed by atoms with E-state index < -0.39 is 23.5 Å². The van der Waals surface area contributed by atoms with Crippen molar-refractivity contribution in [3.05, 3.63) is 62.1 Å². The molecule has 0 saturated carbocycles. The first kappa shape index (κ1) is 26.2. The zero-order chi connectivity index (χ0) is 25.2. The number of carbonyl (C=O) groups is 2. The molecule has 1 fully saturated rings. The number of Topliss-reactive ketones (excluding diaryl/α,β-unsaturated/α-hetero) is 1. The van der Waals surface area contributed by atoms with E-state index in [4.69, 9.17) is 49.0 Å². The lowest BCUT2D eigenvalue weighted by molar-refractivity contribution is -0.140. The third-order valence-corrected chi connectivity index (χ3v) is 6.18. The molecule has 1 aliphatic heterocycles. The van der Waals surface area contributed by atoms with Crippen LogP contribution in [0.1, 0.15) is 31.0 Å². The van der Waals surface area contributed by atoms with Crippen LogP contribution in [0.3, 0.4) is 0 Å². The van der Waals surface area contributed by atoms with Crippen LogP contribution in [0.15, 0.2) is 35.9 Å². The maximum Gasteiger partial charge on any atom is 0.295 e. The van der Waals surface area contributed by atoms with Gasteiger partial charge < -0.3 is 24.2 Å². The lowest BCUT2D eigenvalue weighted by Gasteiger charge is -2.26. The predicted molar refractivity (Wildman–Crippen MR) is 131 cm³/mol. The molecule has 0 spiro atoms. The summed E-state index contributed by atoms with van der Waals surface area (Å²) in [7, 11) is 2.74. The second-order valence-electron chi connectivity index (χ2n) is 7.75. The molecule has 0 aliphatic carbocycles. The highest BCUT2D eigenvalue weighted by atomic mass is 35.5. The van der Waals surface area contributed by atoms with E-state index in [1.807, 2.05) is 13.8 Å². The summed E-state index contributed by atoms with van der Waals surface area (Å²) in [5, 5.41) is 11.9. The molecule has 0 radical (unpaired) electrons. The number of ketones is 1. The van der Waals surface area contributed by atoms with Crippen molar-refractivity contribution in [2.24, 2.45) is 0 Å². The van der Waals surface area contributed by atoms with Crippen molar-refractivity contribution in [1.29, 1.82) is 0 Å². The number of likely N-dealkylation sites (tertiary alicyclic amines) is 1. The molecule has 1 aliphatic rings. The first-order valence-corrected chi connectivity index (χ1v) is 11.5. The second kappa shape index (κ2) is 10.9. The smallest absolute Gasteiger partial charge is 0.295 e. The van der Waals surface area contributed by atoms with Crippen LogP contribution in [0, 0.1) is 0 Å². The Morgan fingerprint density at radius 2 is 1.68 bits per heavy atom.